The number of carboxylic acids is 2. The summed E-state index contributed by atoms with van der Waals surface area (Å²) in [7, 11) is 0. The second kappa shape index (κ2) is 13.1. The van der Waals surface area contributed by atoms with E-state index >= 15 is 0 Å². The Balaban J connectivity index is 0.000000382. The van der Waals surface area contributed by atoms with Crippen molar-refractivity contribution in [3.8, 4) is 0 Å². The lowest BCUT2D eigenvalue weighted by Crippen LogP contribution is -2.39. The summed E-state index contributed by atoms with van der Waals surface area (Å²) < 4.78 is 0. The number of hydrogen-bond donors (Lipinski definition) is 5. The van der Waals surface area contributed by atoms with Gasteiger partial charge in [0.05, 0.1) is 0 Å². The van der Waals surface area contributed by atoms with E-state index in [4.69, 9.17) is 43.6 Å². The quantitative estimate of drug-likeness (QED) is 0.374. The van der Waals surface area contributed by atoms with Gasteiger partial charge in [0.1, 0.15) is 0 Å². The van der Waals surface area contributed by atoms with Crippen molar-refractivity contribution in [1.82, 2.24) is 10.2 Å². The third-order valence-electron chi connectivity index (χ3n) is 4.51. The van der Waals surface area contributed by atoms with Gasteiger partial charge >= 0.3 is 11.9 Å². The lowest BCUT2D eigenvalue weighted by molar-refractivity contribution is -0.165. The summed E-state index contributed by atoms with van der Waals surface area (Å²) in [5.41, 5.74) is 1.13. The van der Waals surface area contributed by atoms with Crippen LogP contribution in [0.3, 0.4) is 0 Å². The zero-order chi connectivity index (χ0) is 22.8. The summed E-state index contributed by atoms with van der Waals surface area (Å²) in [5, 5.41) is 37.5. The molecule has 0 amide bonds. The number of aliphatic hydroxyl groups is 2. The highest BCUT2D eigenvalue weighted by Gasteiger charge is 2.29. The van der Waals surface area contributed by atoms with Crippen molar-refractivity contribution in [2.75, 3.05) is 26.2 Å². The number of aliphatic carboxylic acids is 2. The van der Waals surface area contributed by atoms with Crippen LogP contribution in [-0.4, -0.2) is 75.7 Å². The Morgan fingerprint density at radius 1 is 1.17 bits per heavy atom. The topological polar surface area (TPSA) is 130 Å². The van der Waals surface area contributed by atoms with Gasteiger partial charge in [0.2, 0.25) is 0 Å². The molecule has 8 nitrogen and oxygen atoms in total. The minimum Gasteiger partial charge on any atom is -0.479 e. The molecule has 5 N–H and O–H groups in total. The van der Waals surface area contributed by atoms with Crippen molar-refractivity contribution >= 4 is 35.1 Å². The SMILES string of the molecule is CC(C)CN(Cc1cc(Cl)ccc1Cl)C[C@@H]1CCNC1.O=C(O)[C@H](O)[C@@H](O)C(=O)O. The molecule has 1 aliphatic rings. The number of nitrogens with one attached hydrogen (secondary N) is 1. The summed E-state index contributed by atoms with van der Waals surface area (Å²) in [6.07, 6.45) is -3.26. The molecule has 1 aromatic rings. The second-order valence-corrected chi connectivity index (χ2v) is 8.59. The Hall–Kier alpha value is -1.42. The van der Waals surface area contributed by atoms with Crippen LogP contribution in [0.2, 0.25) is 10.0 Å². The van der Waals surface area contributed by atoms with Crippen molar-refractivity contribution in [1.29, 1.82) is 0 Å². The molecule has 1 aliphatic heterocycles. The molecule has 0 spiro atoms. The summed E-state index contributed by atoms with van der Waals surface area (Å²) in [6.45, 7) is 9.93. The molecule has 0 saturated carbocycles. The Morgan fingerprint density at radius 2 is 1.77 bits per heavy atom. The van der Waals surface area contributed by atoms with Crippen molar-refractivity contribution in [3.63, 3.8) is 0 Å². The van der Waals surface area contributed by atoms with Gasteiger partial charge in [-0.1, -0.05) is 37.0 Å². The fraction of sp³-hybridized carbons (Fsp3) is 0.600. The predicted octanol–water partition coefficient (Wildman–Crippen LogP) is 1.94. The fourth-order valence-electron chi connectivity index (χ4n) is 3.13. The van der Waals surface area contributed by atoms with E-state index in [0.717, 1.165) is 54.3 Å². The van der Waals surface area contributed by atoms with Gasteiger partial charge < -0.3 is 25.7 Å². The maximum atomic E-state index is 9.77. The minimum atomic E-state index is -2.27. The Bertz CT molecular complexity index is 680. The molecular weight excluding hydrogens is 435 g/mol. The van der Waals surface area contributed by atoms with Crippen LogP contribution < -0.4 is 5.32 Å². The van der Waals surface area contributed by atoms with Gasteiger partial charge in [-0.3, -0.25) is 4.90 Å². The molecule has 10 heteroatoms. The van der Waals surface area contributed by atoms with Crippen molar-refractivity contribution in [3.05, 3.63) is 33.8 Å². The average Bonchev–Trinajstić information content (AvgIpc) is 3.16. The van der Waals surface area contributed by atoms with Crippen LogP contribution in [-0.2, 0) is 16.1 Å². The number of benzene rings is 1. The van der Waals surface area contributed by atoms with Crippen LogP contribution in [0.25, 0.3) is 0 Å². The van der Waals surface area contributed by atoms with E-state index in [1.54, 1.807) is 0 Å². The average molecular weight is 465 g/mol. The van der Waals surface area contributed by atoms with Crippen molar-refractivity contribution in [2.24, 2.45) is 11.8 Å². The summed E-state index contributed by atoms with van der Waals surface area (Å²) >= 11 is 12.4. The van der Waals surface area contributed by atoms with Gasteiger partial charge in [0.15, 0.2) is 12.2 Å². The first-order chi connectivity index (χ1) is 14.0. The van der Waals surface area contributed by atoms with E-state index in [1.807, 2.05) is 18.2 Å². The van der Waals surface area contributed by atoms with E-state index < -0.39 is 24.1 Å². The molecule has 3 atom stereocenters. The molecule has 30 heavy (non-hydrogen) atoms. The smallest absolute Gasteiger partial charge is 0.335 e. The number of aliphatic hydroxyl groups excluding tert-OH is 2. The highest BCUT2D eigenvalue weighted by molar-refractivity contribution is 6.33. The van der Waals surface area contributed by atoms with Gasteiger partial charge in [0.25, 0.3) is 0 Å². The monoisotopic (exact) mass is 464 g/mol. The van der Waals surface area contributed by atoms with E-state index in [1.165, 1.54) is 6.42 Å². The van der Waals surface area contributed by atoms with Gasteiger partial charge in [-0.25, -0.2) is 9.59 Å². The molecule has 2 rings (SSSR count). The van der Waals surface area contributed by atoms with Gasteiger partial charge in [-0.05, 0) is 55.1 Å². The van der Waals surface area contributed by atoms with E-state index in [2.05, 4.69) is 24.1 Å². The maximum absolute atomic E-state index is 9.77. The first-order valence-corrected chi connectivity index (χ1v) is 10.5. The molecule has 0 aliphatic carbocycles. The molecule has 0 aromatic heterocycles. The maximum Gasteiger partial charge on any atom is 0.335 e. The Kier molecular flexibility index (Phi) is 11.6. The lowest BCUT2D eigenvalue weighted by atomic mass is 10.1. The Labute approximate surface area is 186 Å². The highest BCUT2D eigenvalue weighted by atomic mass is 35.5. The molecular formula is C20H30Cl2N2O6. The van der Waals surface area contributed by atoms with Crippen LogP contribution in [0.5, 0.6) is 0 Å². The summed E-state index contributed by atoms with van der Waals surface area (Å²) in [6, 6.07) is 5.73. The Morgan fingerprint density at radius 3 is 2.23 bits per heavy atom. The molecule has 0 bridgehead atoms. The van der Waals surface area contributed by atoms with Crippen molar-refractivity contribution < 1.29 is 30.0 Å². The molecule has 1 saturated heterocycles. The number of rotatable bonds is 9. The van der Waals surface area contributed by atoms with E-state index in [-0.39, 0.29) is 0 Å². The van der Waals surface area contributed by atoms with Crippen LogP contribution in [0, 0.1) is 11.8 Å². The summed E-state index contributed by atoms with van der Waals surface area (Å²) in [4.78, 5) is 22.1. The van der Waals surface area contributed by atoms with Crippen LogP contribution in [0.4, 0.5) is 0 Å². The standard InChI is InChI=1S/C16H24Cl2N2.C4H6O6/c1-12(2)9-20(10-13-5-6-19-8-13)11-14-7-15(17)3-4-16(14)18;5-1(3(7)8)2(6)4(9)10/h3-4,7,12-13,19H,5-6,8-11H2,1-2H3;1-2,5-6H,(H,7,8)(H,9,10)/t13-;1-,2-/m11/s1. The van der Waals surface area contributed by atoms with E-state index in [9.17, 15) is 9.59 Å². The zero-order valence-electron chi connectivity index (χ0n) is 17.1. The molecule has 1 fully saturated rings. The number of carboxylic acid groups (broad SMARTS) is 2. The first kappa shape index (κ1) is 26.6. The van der Waals surface area contributed by atoms with Gasteiger partial charge in [-0.2, -0.15) is 0 Å². The third kappa shape index (κ3) is 9.59. The molecule has 0 unspecified atom stereocenters. The first-order valence-electron chi connectivity index (χ1n) is 9.70. The van der Waals surface area contributed by atoms with Gasteiger partial charge in [0, 0.05) is 29.7 Å². The molecule has 0 radical (unpaired) electrons. The molecule has 1 heterocycles. The van der Waals surface area contributed by atoms with Crippen molar-refractivity contribution in [2.45, 2.75) is 39.0 Å². The second-order valence-electron chi connectivity index (χ2n) is 7.75. The summed E-state index contributed by atoms with van der Waals surface area (Å²) in [5.74, 6) is -2.13. The van der Waals surface area contributed by atoms with E-state index in [0.29, 0.717) is 5.92 Å². The zero-order valence-corrected chi connectivity index (χ0v) is 18.6. The fourth-order valence-corrected chi connectivity index (χ4v) is 3.50. The largest absolute Gasteiger partial charge is 0.479 e. The van der Waals surface area contributed by atoms with Crippen LogP contribution in [0.1, 0.15) is 25.8 Å². The number of hydrogen-bond acceptors (Lipinski definition) is 6. The molecule has 170 valence electrons. The minimum absolute atomic E-state index is 0.655. The van der Waals surface area contributed by atoms with Crippen LogP contribution >= 0.6 is 23.2 Å². The van der Waals surface area contributed by atoms with Crippen LogP contribution in [0.15, 0.2) is 18.2 Å². The van der Waals surface area contributed by atoms with Gasteiger partial charge in [-0.15, -0.1) is 0 Å². The predicted molar refractivity (Wildman–Crippen MR) is 115 cm³/mol. The molecule has 1 aromatic carbocycles. The normalized spacial score (nSPS) is 18.1. The lowest BCUT2D eigenvalue weighted by Gasteiger charge is -2.27. The number of nitrogens with zero attached hydrogens (tertiary/aromatic N) is 1. The number of carbonyl (C=O) groups is 2. The third-order valence-corrected chi connectivity index (χ3v) is 5.11. The highest BCUT2D eigenvalue weighted by Crippen LogP contribution is 2.23. The number of halogens is 2.